The zero-order valence-electron chi connectivity index (χ0n) is 9.20. The first-order valence-electron chi connectivity index (χ1n) is 4.55. The number of hydrogen-bond donors (Lipinski definition) is 0. The normalized spacial score (nSPS) is 27.0. The summed E-state index contributed by atoms with van der Waals surface area (Å²) in [4.78, 5) is 0. The van der Waals surface area contributed by atoms with Crippen LogP contribution in [0.2, 0.25) is 0 Å². The maximum atomic E-state index is 13.0. The Labute approximate surface area is 109 Å². The van der Waals surface area contributed by atoms with Gasteiger partial charge < -0.3 is 0 Å². The van der Waals surface area contributed by atoms with Crippen molar-refractivity contribution in [2.24, 2.45) is 0 Å². The van der Waals surface area contributed by atoms with Gasteiger partial charge in [0, 0.05) is 0 Å². The molecule has 1 aliphatic rings. The Morgan fingerprint density at radius 3 is 1.09 bits per heavy atom. The van der Waals surface area contributed by atoms with Crippen LogP contribution in [-0.4, -0.2) is 41.8 Å². The van der Waals surface area contributed by atoms with Crippen LogP contribution in [0.25, 0.3) is 0 Å². The van der Waals surface area contributed by atoms with E-state index in [2.05, 4.69) is 4.74 Å². The van der Waals surface area contributed by atoms with Crippen LogP contribution >= 0.6 is 0 Å². The Morgan fingerprint density at radius 1 is 0.591 bits per heavy atom. The van der Waals surface area contributed by atoms with Crippen LogP contribution in [0, 0.1) is 0 Å². The van der Waals surface area contributed by atoms with Gasteiger partial charge in [0.05, 0.1) is 0 Å². The summed E-state index contributed by atoms with van der Waals surface area (Å²) in [5.41, 5.74) is -6.51. The molecule has 1 nitrogen and oxygen atoms in total. The highest BCUT2D eigenvalue weighted by molar-refractivity contribution is 5.23. The molecule has 0 aromatic rings. The van der Waals surface area contributed by atoms with Gasteiger partial charge in [-0.2, -0.15) is 61.5 Å². The average molecular weight is 366 g/mol. The molecule has 0 bridgehead atoms. The van der Waals surface area contributed by atoms with Crippen molar-refractivity contribution < 1.29 is 66.2 Å². The number of alkyl halides is 14. The Balaban J connectivity index is 3.53. The van der Waals surface area contributed by atoms with Crippen LogP contribution in [0.1, 0.15) is 0 Å². The van der Waals surface area contributed by atoms with Crippen LogP contribution in [0.3, 0.4) is 0 Å². The summed E-state index contributed by atoms with van der Waals surface area (Å²) < 4.78 is 175. The Kier molecular flexibility index (Phi) is 3.53. The molecule has 0 saturated carbocycles. The summed E-state index contributed by atoms with van der Waals surface area (Å²) in [5.74, 6) is -23.3. The topological polar surface area (TPSA) is 12.5 Å². The molecule has 1 heterocycles. The summed E-state index contributed by atoms with van der Waals surface area (Å²) in [5, 5.41) is 0. The molecule has 15 heteroatoms. The molecule has 1 atom stereocenters. The second-order valence-electron chi connectivity index (χ2n) is 4.02. The smallest absolute Gasteiger partial charge is 0.287 e. The van der Waals surface area contributed by atoms with E-state index in [1.807, 2.05) is 0 Å². The van der Waals surface area contributed by atoms with Crippen molar-refractivity contribution in [3.63, 3.8) is 0 Å². The van der Waals surface area contributed by atoms with Gasteiger partial charge >= 0.3 is 41.8 Å². The van der Waals surface area contributed by atoms with Crippen molar-refractivity contribution in [1.29, 1.82) is 0 Å². The van der Waals surface area contributed by atoms with Gasteiger partial charge in [-0.3, -0.25) is 4.74 Å². The van der Waals surface area contributed by atoms with E-state index in [0.717, 1.165) is 0 Å². The lowest BCUT2D eigenvalue weighted by Gasteiger charge is -2.36. The molecule has 1 unspecified atom stereocenters. The molecule has 22 heavy (non-hydrogen) atoms. The third kappa shape index (κ3) is 1.89. The summed E-state index contributed by atoms with van der Waals surface area (Å²) in [6, 6.07) is 0. The highest BCUT2D eigenvalue weighted by atomic mass is 19.4. The third-order valence-electron chi connectivity index (χ3n) is 2.64. The quantitative estimate of drug-likeness (QED) is 0.534. The molecule has 1 aliphatic heterocycles. The summed E-state index contributed by atoms with van der Waals surface area (Å²) >= 11 is 0. The zero-order valence-corrected chi connectivity index (χ0v) is 9.20. The second-order valence-corrected chi connectivity index (χ2v) is 4.02. The number of epoxide rings is 1. The molecule has 0 N–H and O–H groups in total. The fourth-order valence-electron chi connectivity index (χ4n) is 1.41. The molecule has 1 fully saturated rings. The van der Waals surface area contributed by atoms with Crippen molar-refractivity contribution in [3.05, 3.63) is 0 Å². The molecule has 0 aliphatic carbocycles. The Bertz CT molecular complexity index is 457. The van der Waals surface area contributed by atoms with Gasteiger partial charge in [-0.1, -0.05) is 0 Å². The standard InChI is InChI=1S/C7F14O/c8-2(9,1(5(14,15)16)7(20,21)22-1)3(10,11)4(12,13)6(17,18)19. The van der Waals surface area contributed by atoms with Crippen LogP contribution in [-0.2, 0) is 4.74 Å². The van der Waals surface area contributed by atoms with E-state index >= 15 is 0 Å². The van der Waals surface area contributed by atoms with Crippen molar-refractivity contribution in [1.82, 2.24) is 0 Å². The van der Waals surface area contributed by atoms with Gasteiger partial charge in [-0.05, 0) is 0 Å². The molecule has 0 amide bonds. The first-order chi connectivity index (χ1) is 9.21. The van der Waals surface area contributed by atoms with E-state index in [0.29, 0.717) is 0 Å². The van der Waals surface area contributed by atoms with Crippen LogP contribution in [0.15, 0.2) is 0 Å². The predicted octanol–water partition coefficient (Wildman–Crippen LogP) is 4.38. The Morgan fingerprint density at radius 2 is 0.909 bits per heavy atom. The lowest BCUT2D eigenvalue weighted by Crippen LogP contribution is -2.69. The van der Waals surface area contributed by atoms with Gasteiger partial charge in [0.1, 0.15) is 0 Å². The van der Waals surface area contributed by atoms with E-state index in [1.54, 1.807) is 0 Å². The van der Waals surface area contributed by atoms with E-state index in [-0.39, 0.29) is 0 Å². The third-order valence-corrected chi connectivity index (χ3v) is 2.64. The number of rotatable bonds is 3. The lowest BCUT2D eigenvalue weighted by atomic mass is 9.90. The molecular weight excluding hydrogens is 366 g/mol. The molecule has 132 valence electrons. The highest BCUT2D eigenvalue weighted by Crippen LogP contribution is 2.71. The van der Waals surface area contributed by atoms with Crippen molar-refractivity contribution >= 4 is 0 Å². The largest absolute Gasteiger partial charge is 0.460 e. The fourth-order valence-corrected chi connectivity index (χ4v) is 1.41. The van der Waals surface area contributed by atoms with E-state index < -0.39 is 41.8 Å². The van der Waals surface area contributed by atoms with E-state index in [4.69, 9.17) is 0 Å². The lowest BCUT2D eigenvalue weighted by molar-refractivity contribution is -0.418. The molecule has 1 saturated heterocycles. The molecular formula is C7F14O. The maximum Gasteiger partial charge on any atom is 0.460 e. The number of ether oxygens (including phenoxy) is 1. The highest BCUT2D eigenvalue weighted by Gasteiger charge is 3.04. The zero-order chi connectivity index (χ0) is 18.2. The van der Waals surface area contributed by atoms with Gasteiger partial charge in [0.15, 0.2) is 0 Å². The van der Waals surface area contributed by atoms with E-state index in [9.17, 15) is 61.5 Å². The van der Waals surface area contributed by atoms with Gasteiger partial charge in [0.25, 0.3) is 0 Å². The van der Waals surface area contributed by atoms with Gasteiger partial charge in [0.2, 0.25) is 0 Å². The fraction of sp³-hybridized carbons (Fsp3) is 1.00. The van der Waals surface area contributed by atoms with Crippen molar-refractivity contribution in [2.75, 3.05) is 0 Å². The van der Waals surface area contributed by atoms with Crippen molar-refractivity contribution in [3.8, 4) is 0 Å². The molecule has 0 aromatic heterocycles. The van der Waals surface area contributed by atoms with Crippen LogP contribution < -0.4 is 0 Å². The molecule has 0 radical (unpaired) electrons. The molecule has 0 spiro atoms. The summed E-state index contributed by atoms with van der Waals surface area (Å²) in [6.07, 6.45) is -20.7. The first-order valence-corrected chi connectivity index (χ1v) is 4.55. The second kappa shape index (κ2) is 4.08. The minimum absolute atomic E-state index is 2.13. The minimum Gasteiger partial charge on any atom is -0.287 e. The first kappa shape index (κ1) is 19.0. The van der Waals surface area contributed by atoms with Crippen LogP contribution in [0.4, 0.5) is 61.5 Å². The molecule has 1 rings (SSSR count). The number of hydrogen-bond acceptors (Lipinski definition) is 1. The number of halogens is 14. The van der Waals surface area contributed by atoms with Gasteiger partial charge in [-0.25, -0.2) is 0 Å². The minimum atomic E-state index is -7.88. The molecule has 0 aromatic carbocycles. The Hall–Kier alpha value is -1.02. The van der Waals surface area contributed by atoms with E-state index in [1.165, 1.54) is 0 Å². The summed E-state index contributed by atoms with van der Waals surface area (Å²) in [7, 11) is 0. The SMILES string of the molecule is FC(F)(F)C(F)(F)C(F)(F)C(F)(F)C1(C(F)(F)F)OC1(F)F. The predicted molar refractivity (Wildman–Crippen MR) is 35.7 cm³/mol. The maximum absolute atomic E-state index is 13.0. The summed E-state index contributed by atoms with van der Waals surface area (Å²) in [6.45, 7) is 0. The average Bonchev–Trinajstić information content (AvgIpc) is 2.81. The monoisotopic (exact) mass is 366 g/mol. The van der Waals surface area contributed by atoms with Crippen LogP contribution in [0.5, 0.6) is 0 Å². The van der Waals surface area contributed by atoms with Crippen molar-refractivity contribution in [2.45, 2.75) is 41.8 Å². The van der Waals surface area contributed by atoms with Gasteiger partial charge in [-0.15, -0.1) is 0 Å².